The van der Waals surface area contributed by atoms with Crippen molar-refractivity contribution in [3.05, 3.63) is 76.9 Å². The van der Waals surface area contributed by atoms with Crippen LogP contribution in [0.5, 0.6) is 0 Å². The summed E-state index contributed by atoms with van der Waals surface area (Å²) < 4.78 is 41.6. The summed E-state index contributed by atoms with van der Waals surface area (Å²) in [7, 11) is 0. The van der Waals surface area contributed by atoms with E-state index >= 15 is 0 Å². The maximum absolute atomic E-state index is 13.2. The summed E-state index contributed by atoms with van der Waals surface area (Å²) in [6.45, 7) is 4.45. The molecule has 0 fully saturated rings. The Kier molecular flexibility index (Phi) is 5.94. The molecule has 0 aliphatic carbocycles. The number of nitrogens with zero attached hydrogens (tertiary/aromatic N) is 4. The SMILES string of the molecule is CCn1cc(C#Cc2cc(C(=O)Nc3ncccc3C(F)(F)F)ccc2C)c2c(N)ncnc21. The van der Waals surface area contributed by atoms with Crippen molar-refractivity contribution in [1.82, 2.24) is 19.5 Å². The smallest absolute Gasteiger partial charge is 0.383 e. The van der Waals surface area contributed by atoms with Crippen LogP contribution in [-0.2, 0) is 12.7 Å². The minimum Gasteiger partial charge on any atom is -0.383 e. The second-order valence-electron chi connectivity index (χ2n) is 7.42. The van der Waals surface area contributed by atoms with E-state index in [1.807, 2.05) is 24.6 Å². The zero-order chi connectivity index (χ0) is 24.5. The Morgan fingerprint density at radius 3 is 2.65 bits per heavy atom. The second-order valence-corrected chi connectivity index (χ2v) is 7.42. The molecule has 10 heteroatoms. The lowest BCUT2D eigenvalue weighted by molar-refractivity contribution is -0.137. The Hall–Kier alpha value is -4.39. The molecule has 0 saturated heterocycles. The number of benzene rings is 1. The molecule has 0 spiro atoms. The number of amides is 1. The predicted molar refractivity (Wildman–Crippen MR) is 122 cm³/mol. The average molecular weight is 464 g/mol. The predicted octanol–water partition coefficient (Wildman–Crippen LogP) is 4.41. The van der Waals surface area contributed by atoms with Gasteiger partial charge in [0.1, 0.15) is 23.6 Å². The molecule has 172 valence electrons. The molecule has 0 aliphatic heterocycles. The number of carbonyl (C=O) groups excluding carboxylic acids is 1. The number of hydrogen-bond donors (Lipinski definition) is 2. The van der Waals surface area contributed by atoms with E-state index in [-0.39, 0.29) is 5.56 Å². The van der Waals surface area contributed by atoms with Crippen molar-refractivity contribution in [2.45, 2.75) is 26.6 Å². The number of aryl methyl sites for hydroxylation is 2. The fourth-order valence-corrected chi connectivity index (χ4v) is 3.43. The van der Waals surface area contributed by atoms with E-state index in [0.717, 1.165) is 17.7 Å². The first-order chi connectivity index (χ1) is 16.2. The number of aromatic nitrogens is 4. The summed E-state index contributed by atoms with van der Waals surface area (Å²) in [6.07, 6.45) is -0.253. The molecule has 3 heterocycles. The van der Waals surface area contributed by atoms with Crippen LogP contribution < -0.4 is 11.1 Å². The third-order valence-corrected chi connectivity index (χ3v) is 5.20. The van der Waals surface area contributed by atoms with E-state index in [9.17, 15) is 18.0 Å². The molecule has 1 amide bonds. The molecule has 0 saturated carbocycles. The van der Waals surface area contributed by atoms with Crippen LogP contribution in [0.4, 0.5) is 24.8 Å². The van der Waals surface area contributed by atoms with Crippen LogP contribution in [0, 0.1) is 18.8 Å². The van der Waals surface area contributed by atoms with Crippen molar-refractivity contribution in [3.8, 4) is 11.8 Å². The summed E-state index contributed by atoms with van der Waals surface area (Å²) in [4.78, 5) is 24.7. The topological polar surface area (TPSA) is 98.7 Å². The third kappa shape index (κ3) is 4.41. The molecule has 0 atom stereocenters. The van der Waals surface area contributed by atoms with Crippen molar-refractivity contribution in [2.75, 3.05) is 11.1 Å². The lowest BCUT2D eigenvalue weighted by Gasteiger charge is -2.12. The normalized spacial score (nSPS) is 11.2. The van der Waals surface area contributed by atoms with E-state index in [2.05, 4.69) is 32.1 Å². The molecule has 0 unspecified atom stereocenters. The van der Waals surface area contributed by atoms with Gasteiger partial charge in [0.25, 0.3) is 5.91 Å². The first kappa shape index (κ1) is 22.8. The second kappa shape index (κ2) is 8.86. The highest BCUT2D eigenvalue weighted by Gasteiger charge is 2.34. The third-order valence-electron chi connectivity index (χ3n) is 5.20. The molecule has 0 aliphatic rings. The highest BCUT2D eigenvalue weighted by Crippen LogP contribution is 2.33. The van der Waals surface area contributed by atoms with Crippen molar-refractivity contribution in [3.63, 3.8) is 0 Å². The highest BCUT2D eigenvalue weighted by atomic mass is 19.4. The molecule has 4 aromatic rings. The molecule has 7 nitrogen and oxygen atoms in total. The van der Waals surface area contributed by atoms with Gasteiger partial charge in [0.15, 0.2) is 0 Å². The number of pyridine rings is 1. The molecule has 3 N–H and O–H groups in total. The lowest BCUT2D eigenvalue weighted by Crippen LogP contribution is -2.18. The van der Waals surface area contributed by atoms with Gasteiger partial charge in [-0.05, 0) is 43.7 Å². The Morgan fingerprint density at radius 1 is 1.15 bits per heavy atom. The number of hydrogen-bond acceptors (Lipinski definition) is 5. The number of nitrogens with two attached hydrogens (primary N) is 1. The van der Waals surface area contributed by atoms with Gasteiger partial charge in [0.05, 0.1) is 16.5 Å². The number of halogens is 3. The largest absolute Gasteiger partial charge is 0.419 e. The molecular weight excluding hydrogens is 445 g/mol. The standard InChI is InChI=1S/C24H19F3N6O/c1-3-33-12-17(19-20(28)30-13-31-22(19)33)9-8-15-11-16(7-6-14(15)2)23(34)32-21-18(24(25,26)27)5-4-10-29-21/h4-7,10-13H,3H2,1-2H3,(H2,28,30,31)(H,29,32,34). The van der Waals surface area contributed by atoms with Crippen molar-refractivity contribution >= 4 is 28.6 Å². The van der Waals surface area contributed by atoms with E-state index in [1.165, 1.54) is 24.7 Å². The first-order valence-corrected chi connectivity index (χ1v) is 10.2. The van der Waals surface area contributed by atoms with Gasteiger partial charge in [-0.25, -0.2) is 15.0 Å². The van der Waals surface area contributed by atoms with Gasteiger partial charge in [0.2, 0.25) is 0 Å². The van der Waals surface area contributed by atoms with E-state index < -0.39 is 23.5 Å². The average Bonchev–Trinajstić information content (AvgIpc) is 3.17. The van der Waals surface area contributed by atoms with E-state index in [1.54, 1.807) is 6.07 Å². The first-order valence-electron chi connectivity index (χ1n) is 10.2. The Morgan fingerprint density at radius 2 is 1.91 bits per heavy atom. The van der Waals surface area contributed by atoms with Crippen molar-refractivity contribution in [2.24, 2.45) is 0 Å². The summed E-state index contributed by atoms with van der Waals surface area (Å²) in [5.74, 6) is 5.11. The fraction of sp³-hybridized carbons (Fsp3) is 0.167. The van der Waals surface area contributed by atoms with Crippen LogP contribution in [0.15, 0.2) is 49.1 Å². The Balaban J connectivity index is 1.68. The molecular formula is C24H19F3N6O. The molecule has 0 radical (unpaired) electrons. The Labute approximate surface area is 192 Å². The number of nitrogens with one attached hydrogen (secondary N) is 1. The zero-order valence-corrected chi connectivity index (χ0v) is 18.2. The van der Waals surface area contributed by atoms with Crippen molar-refractivity contribution in [1.29, 1.82) is 0 Å². The summed E-state index contributed by atoms with van der Waals surface area (Å²) >= 11 is 0. The van der Waals surface area contributed by atoms with Crippen LogP contribution in [0.25, 0.3) is 11.0 Å². The van der Waals surface area contributed by atoms with Gasteiger partial charge >= 0.3 is 6.18 Å². The number of nitrogen functional groups attached to an aromatic ring is 1. The minimum atomic E-state index is -4.65. The van der Waals surface area contributed by atoms with Gasteiger partial charge in [0, 0.05) is 30.1 Å². The van der Waals surface area contributed by atoms with Crippen molar-refractivity contribution < 1.29 is 18.0 Å². The van der Waals surface area contributed by atoms with Gasteiger partial charge in [-0.3, -0.25) is 4.79 Å². The summed E-state index contributed by atoms with van der Waals surface area (Å²) in [5.41, 5.74) is 7.78. The monoisotopic (exact) mass is 464 g/mol. The maximum atomic E-state index is 13.2. The molecule has 4 rings (SSSR count). The highest BCUT2D eigenvalue weighted by molar-refractivity contribution is 6.04. The van der Waals surface area contributed by atoms with E-state index in [4.69, 9.17) is 5.73 Å². The van der Waals surface area contributed by atoms with Gasteiger partial charge in [-0.15, -0.1) is 0 Å². The summed E-state index contributed by atoms with van der Waals surface area (Å²) in [6, 6.07) is 6.73. The van der Waals surface area contributed by atoms with Crippen LogP contribution in [-0.4, -0.2) is 25.4 Å². The molecule has 1 aromatic carbocycles. The number of rotatable bonds is 3. The quantitative estimate of drug-likeness (QED) is 0.438. The number of carbonyl (C=O) groups is 1. The van der Waals surface area contributed by atoms with Crippen LogP contribution >= 0.6 is 0 Å². The summed E-state index contributed by atoms with van der Waals surface area (Å²) in [5, 5.41) is 2.88. The zero-order valence-electron chi connectivity index (χ0n) is 18.2. The van der Waals surface area contributed by atoms with Gasteiger partial charge in [-0.1, -0.05) is 17.9 Å². The van der Waals surface area contributed by atoms with Gasteiger partial charge < -0.3 is 15.6 Å². The van der Waals surface area contributed by atoms with Crippen LogP contribution in [0.1, 0.15) is 39.5 Å². The van der Waals surface area contributed by atoms with E-state index in [0.29, 0.717) is 34.5 Å². The van der Waals surface area contributed by atoms with Crippen LogP contribution in [0.2, 0.25) is 0 Å². The molecule has 0 bridgehead atoms. The molecule has 3 aromatic heterocycles. The maximum Gasteiger partial charge on any atom is 0.419 e. The number of anilines is 2. The van der Waals surface area contributed by atoms with Gasteiger partial charge in [-0.2, -0.15) is 13.2 Å². The lowest BCUT2D eigenvalue weighted by atomic mass is 10.0. The minimum absolute atomic E-state index is 0.146. The van der Waals surface area contributed by atoms with Crippen LogP contribution in [0.3, 0.4) is 0 Å². The Bertz CT molecular complexity index is 1460. The molecule has 34 heavy (non-hydrogen) atoms. The fourth-order valence-electron chi connectivity index (χ4n) is 3.43. The number of alkyl halides is 3. The number of fused-ring (bicyclic) bond motifs is 1.